The number of carbonyl (C=O) groups is 1. The van der Waals surface area contributed by atoms with E-state index >= 15 is 0 Å². The molecule has 0 fully saturated rings. The van der Waals surface area contributed by atoms with E-state index in [0.29, 0.717) is 6.42 Å². The molecular weight excluding hydrogens is 488 g/mol. The number of benzene rings is 2. The topological polar surface area (TPSA) is 32.8 Å². The SMILES string of the molecule is Br.CCCCCCC(=O)c1ccc(Oc2ccc(C(C)(C)N3C=CN(CCCC)C3)cc2)cc1. The molecule has 0 saturated carbocycles. The summed E-state index contributed by atoms with van der Waals surface area (Å²) in [4.78, 5) is 17.1. The van der Waals surface area contributed by atoms with E-state index in [-0.39, 0.29) is 28.3 Å². The van der Waals surface area contributed by atoms with Gasteiger partial charge in [0.25, 0.3) is 0 Å². The average molecular weight is 530 g/mol. The van der Waals surface area contributed by atoms with Crippen molar-refractivity contribution in [3.8, 4) is 11.5 Å². The fourth-order valence-electron chi connectivity index (χ4n) is 4.13. The van der Waals surface area contributed by atoms with E-state index in [9.17, 15) is 4.79 Å². The highest BCUT2D eigenvalue weighted by molar-refractivity contribution is 8.93. The number of ketones is 1. The first-order chi connectivity index (χ1) is 15.9. The first-order valence-corrected chi connectivity index (χ1v) is 12.5. The highest BCUT2D eigenvalue weighted by atomic mass is 79.9. The summed E-state index contributed by atoms with van der Waals surface area (Å²) in [5.41, 5.74) is 1.92. The minimum atomic E-state index is -0.102. The van der Waals surface area contributed by atoms with Gasteiger partial charge in [-0.25, -0.2) is 0 Å². The van der Waals surface area contributed by atoms with Crippen molar-refractivity contribution in [3.63, 3.8) is 0 Å². The molecule has 186 valence electrons. The summed E-state index contributed by atoms with van der Waals surface area (Å²) >= 11 is 0. The van der Waals surface area contributed by atoms with Crippen LogP contribution in [0.4, 0.5) is 0 Å². The zero-order valence-electron chi connectivity index (χ0n) is 21.3. The van der Waals surface area contributed by atoms with Crippen LogP contribution in [0.3, 0.4) is 0 Å². The Morgan fingerprint density at radius 1 is 0.853 bits per heavy atom. The number of hydrogen-bond acceptors (Lipinski definition) is 4. The predicted molar refractivity (Wildman–Crippen MR) is 147 cm³/mol. The molecule has 1 heterocycles. The van der Waals surface area contributed by atoms with Crippen molar-refractivity contribution in [2.75, 3.05) is 13.2 Å². The van der Waals surface area contributed by atoms with Gasteiger partial charge in [-0.3, -0.25) is 4.79 Å². The lowest BCUT2D eigenvalue weighted by Crippen LogP contribution is -2.39. The van der Waals surface area contributed by atoms with E-state index in [1.807, 2.05) is 36.4 Å². The van der Waals surface area contributed by atoms with Gasteiger partial charge in [0, 0.05) is 30.9 Å². The van der Waals surface area contributed by atoms with Crippen molar-refractivity contribution in [2.24, 2.45) is 0 Å². The summed E-state index contributed by atoms with van der Waals surface area (Å²) in [5.74, 6) is 1.77. The van der Waals surface area contributed by atoms with Gasteiger partial charge in [0.15, 0.2) is 5.78 Å². The standard InChI is InChI=1S/C29H40N2O2.BrH/c1-5-7-9-10-11-28(32)24-12-16-26(17-13-24)33-27-18-14-25(15-19-27)29(3,4)31-22-21-30(23-31)20-8-6-2;/h12-19,21-22H,5-11,20,23H2,1-4H3;1H. The molecule has 0 aliphatic carbocycles. The van der Waals surface area contributed by atoms with Gasteiger partial charge in [-0.2, -0.15) is 0 Å². The molecule has 1 aliphatic heterocycles. The van der Waals surface area contributed by atoms with Gasteiger partial charge >= 0.3 is 0 Å². The molecule has 2 aromatic carbocycles. The fourth-order valence-corrected chi connectivity index (χ4v) is 4.13. The minimum Gasteiger partial charge on any atom is -0.457 e. The monoisotopic (exact) mass is 528 g/mol. The molecule has 5 heteroatoms. The van der Waals surface area contributed by atoms with Crippen LogP contribution in [0.15, 0.2) is 60.9 Å². The van der Waals surface area contributed by atoms with Crippen molar-refractivity contribution in [2.45, 2.75) is 78.2 Å². The Morgan fingerprint density at radius 2 is 1.47 bits per heavy atom. The predicted octanol–water partition coefficient (Wildman–Crippen LogP) is 8.29. The van der Waals surface area contributed by atoms with Crippen LogP contribution < -0.4 is 4.74 Å². The third-order valence-corrected chi connectivity index (χ3v) is 6.54. The third kappa shape index (κ3) is 7.63. The summed E-state index contributed by atoms with van der Waals surface area (Å²) in [5, 5.41) is 0. The lowest BCUT2D eigenvalue weighted by Gasteiger charge is -2.37. The molecule has 0 amide bonds. The Bertz CT molecular complexity index is 907. The van der Waals surface area contributed by atoms with Gasteiger partial charge in [0.2, 0.25) is 0 Å². The molecule has 0 N–H and O–H groups in total. The molecule has 0 aromatic heterocycles. The van der Waals surface area contributed by atoms with Crippen molar-refractivity contribution in [3.05, 3.63) is 72.1 Å². The second-order valence-electron chi connectivity index (χ2n) is 9.52. The number of rotatable bonds is 13. The third-order valence-electron chi connectivity index (χ3n) is 6.54. The first-order valence-electron chi connectivity index (χ1n) is 12.5. The lowest BCUT2D eigenvalue weighted by atomic mass is 9.93. The summed E-state index contributed by atoms with van der Waals surface area (Å²) in [6.45, 7) is 11.0. The Hall–Kier alpha value is -2.27. The van der Waals surface area contributed by atoms with Gasteiger partial charge in [-0.15, -0.1) is 17.0 Å². The summed E-state index contributed by atoms with van der Waals surface area (Å²) in [7, 11) is 0. The van der Waals surface area contributed by atoms with Crippen LogP contribution in [0, 0.1) is 0 Å². The van der Waals surface area contributed by atoms with Gasteiger partial charge in [0.05, 0.1) is 12.2 Å². The van der Waals surface area contributed by atoms with E-state index in [1.165, 1.54) is 31.2 Å². The number of ether oxygens (including phenoxy) is 1. The maximum atomic E-state index is 12.3. The minimum absolute atomic E-state index is 0. The number of halogens is 1. The van der Waals surface area contributed by atoms with Gasteiger partial charge in [-0.1, -0.05) is 51.7 Å². The van der Waals surface area contributed by atoms with Gasteiger partial charge in [0.1, 0.15) is 11.5 Å². The molecule has 1 aliphatic rings. The van der Waals surface area contributed by atoms with Crippen molar-refractivity contribution in [1.82, 2.24) is 9.80 Å². The first kappa shape index (κ1) is 28.0. The maximum absolute atomic E-state index is 12.3. The number of unbranched alkanes of at least 4 members (excludes halogenated alkanes) is 4. The fraction of sp³-hybridized carbons (Fsp3) is 0.483. The molecule has 0 saturated heterocycles. The Balaban J connectivity index is 0.00000408. The van der Waals surface area contributed by atoms with Crippen molar-refractivity contribution in [1.29, 1.82) is 0 Å². The molecular formula is C29H41BrN2O2. The van der Waals surface area contributed by atoms with E-state index in [2.05, 4.69) is 62.0 Å². The molecule has 0 unspecified atom stereocenters. The highest BCUT2D eigenvalue weighted by Crippen LogP contribution is 2.32. The van der Waals surface area contributed by atoms with E-state index in [4.69, 9.17) is 4.74 Å². The largest absolute Gasteiger partial charge is 0.457 e. The number of nitrogens with zero attached hydrogens (tertiary/aromatic N) is 2. The Kier molecular flexibility index (Phi) is 11.2. The zero-order valence-corrected chi connectivity index (χ0v) is 23.0. The Morgan fingerprint density at radius 3 is 2.09 bits per heavy atom. The molecule has 0 spiro atoms. The maximum Gasteiger partial charge on any atom is 0.162 e. The average Bonchev–Trinajstić information content (AvgIpc) is 3.31. The van der Waals surface area contributed by atoms with Crippen molar-refractivity contribution >= 4 is 22.8 Å². The smallest absolute Gasteiger partial charge is 0.162 e. The summed E-state index contributed by atoms with van der Waals surface area (Å²) in [6, 6.07) is 15.9. The summed E-state index contributed by atoms with van der Waals surface area (Å²) in [6.07, 6.45) is 11.9. The van der Waals surface area contributed by atoms with Crippen molar-refractivity contribution < 1.29 is 9.53 Å². The summed E-state index contributed by atoms with van der Waals surface area (Å²) < 4.78 is 6.03. The van der Waals surface area contributed by atoms with Crippen LogP contribution in [0.25, 0.3) is 0 Å². The zero-order chi connectivity index (χ0) is 23.7. The van der Waals surface area contributed by atoms with E-state index in [1.54, 1.807) is 0 Å². The van der Waals surface area contributed by atoms with Gasteiger partial charge < -0.3 is 14.5 Å². The molecule has 0 atom stereocenters. The molecule has 0 bridgehead atoms. The van der Waals surface area contributed by atoms with E-state index < -0.39 is 0 Å². The number of hydrogen-bond donors (Lipinski definition) is 0. The molecule has 2 aromatic rings. The second-order valence-corrected chi connectivity index (χ2v) is 9.52. The molecule has 3 rings (SSSR count). The molecule has 0 radical (unpaired) electrons. The van der Waals surface area contributed by atoms with E-state index in [0.717, 1.165) is 43.1 Å². The van der Waals surface area contributed by atoms with Crippen LogP contribution in [0.5, 0.6) is 11.5 Å². The van der Waals surface area contributed by atoms with Crippen LogP contribution in [-0.2, 0) is 5.54 Å². The normalized spacial score (nSPS) is 13.2. The number of carbonyl (C=O) groups excluding carboxylic acids is 1. The quantitative estimate of drug-likeness (QED) is 0.193. The highest BCUT2D eigenvalue weighted by Gasteiger charge is 2.29. The second kappa shape index (κ2) is 13.6. The Labute approximate surface area is 216 Å². The van der Waals surface area contributed by atoms with Crippen LogP contribution in [-0.4, -0.2) is 28.8 Å². The lowest BCUT2D eigenvalue weighted by molar-refractivity contribution is 0.0979. The molecule has 34 heavy (non-hydrogen) atoms. The molecule has 4 nitrogen and oxygen atoms in total. The van der Waals surface area contributed by atoms with Crippen LogP contribution in [0.1, 0.15) is 88.6 Å². The number of Topliss-reactive ketones (excluding diaryl/α,β-unsaturated/α-hetero) is 1. The van der Waals surface area contributed by atoms with Crippen LogP contribution in [0.2, 0.25) is 0 Å². The van der Waals surface area contributed by atoms with Crippen LogP contribution >= 0.6 is 17.0 Å². The van der Waals surface area contributed by atoms with Gasteiger partial charge in [-0.05, 0) is 68.7 Å².